The molecule has 4 heterocycles. The number of nitrogens with one attached hydrogen (secondary N) is 1. The maximum atomic E-state index is 5.23. The number of fused-ring (bicyclic) bond motifs is 1. The highest BCUT2D eigenvalue weighted by atomic mass is 16.5. The van der Waals surface area contributed by atoms with Crippen LogP contribution in [0.3, 0.4) is 0 Å². The van der Waals surface area contributed by atoms with Gasteiger partial charge in [0.1, 0.15) is 5.69 Å². The Morgan fingerprint density at radius 2 is 2.06 bits per heavy atom. The fourth-order valence-electron chi connectivity index (χ4n) is 4.09. The largest absolute Gasteiger partial charge is 0.383 e. The fraction of sp³-hybridized carbons (Fsp3) is 0.280. The molecule has 3 aromatic heterocycles. The Morgan fingerprint density at radius 3 is 2.91 bits per heavy atom. The van der Waals surface area contributed by atoms with Crippen molar-refractivity contribution in [2.45, 2.75) is 19.5 Å². The minimum absolute atomic E-state index is 0.558. The molecule has 5 rings (SSSR count). The van der Waals surface area contributed by atoms with E-state index in [1.165, 1.54) is 11.1 Å². The number of rotatable bonds is 7. The first kappa shape index (κ1) is 21.2. The van der Waals surface area contributed by atoms with Crippen LogP contribution in [0.25, 0.3) is 22.5 Å². The molecule has 4 aromatic rings. The smallest absolute Gasteiger partial charge is 0.227 e. The first-order valence-electron chi connectivity index (χ1n) is 11.1. The van der Waals surface area contributed by atoms with Gasteiger partial charge in [0.05, 0.1) is 18.8 Å². The summed E-state index contributed by atoms with van der Waals surface area (Å²) in [5.41, 5.74) is 7.27. The lowest BCUT2D eigenvalue weighted by molar-refractivity contribution is 0.183. The monoisotopic (exact) mass is 441 g/mol. The molecule has 8 heteroatoms. The molecule has 0 saturated carbocycles. The van der Waals surface area contributed by atoms with E-state index in [0.29, 0.717) is 19.1 Å². The molecule has 168 valence electrons. The summed E-state index contributed by atoms with van der Waals surface area (Å²) in [5.74, 6) is 0.558. The molecule has 1 N–H and O–H groups in total. The molecule has 0 fully saturated rings. The lowest BCUT2D eigenvalue weighted by atomic mass is 9.99. The van der Waals surface area contributed by atoms with E-state index in [-0.39, 0.29) is 0 Å². The van der Waals surface area contributed by atoms with Crippen LogP contribution in [0, 0.1) is 0 Å². The third-order valence-corrected chi connectivity index (χ3v) is 5.82. The number of methoxy groups -OCH3 is 1. The van der Waals surface area contributed by atoms with Crippen LogP contribution in [0.1, 0.15) is 11.1 Å². The Bertz CT molecular complexity index is 1240. The van der Waals surface area contributed by atoms with Crippen molar-refractivity contribution in [3.63, 3.8) is 0 Å². The SMILES string of the molecule is COCCn1cc(-c2ccnc(Nc3ccc4c(c3)CCN(C)C4)n2)c(-c2cccnc2)n1. The summed E-state index contributed by atoms with van der Waals surface area (Å²) in [6.07, 6.45) is 8.41. The van der Waals surface area contributed by atoms with E-state index < -0.39 is 0 Å². The van der Waals surface area contributed by atoms with Gasteiger partial charge in [-0.1, -0.05) is 6.07 Å². The molecule has 1 aliphatic rings. The standard InChI is InChI=1S/C25H27N7O/c1-31-11-8-18-14-21(6-5-20(18)16-31)28-25-27-10-7-23(29-25)22-17-32(12-13-33-2)30-24(22)19-4-3-9-26-15-19/h3-7,9-10,14-15,17H,8,11-13,16H2,1-2H3,(H,27,28,29). The van der Waals surface area contributed by atoms with Gasteiger partial charge >= 0.3 is 0 Å². The van der Waals surface area contributed by atoms with Crippen molar-refractivity contribution in [1.29, 1.82) is 0 Å². The van der Waals surface area contributed by atoms with Crippen molar-refractivity contribution in [2.24, 2.45) is 0 Å². The van der Waals surface area contributed by atoms with E-state index in [4.69, 9.17) is 14.8 Å². The van der Waals surface area contributed by atoms with Gasteiger partial charge in [0, 0.05) is 61.8 Å². The van der Waals surface area contributed by atoms with Gasteiger partial charge in [-0.25, -0.2) is 9.97 Å². The number of benzene rings is 1. The summed E-state index contributed by atoms with van der Waals surface area (Å²) in [6, 6.07) is 12.3. The molecule has 0 saturated heterocycles. The first-order chi connectivity index (χ1) is 16.2. The van der Waals surface area contributed by atoms with Gasteiger partial charge in [-0.3, -0.25) is 9.67 Å². The molecular formula is C25H27N7O. The Kier molecular flexibility index (Phi) is 6.10. The third-order valence-electron chi connectivity index (χ3n) is 5.82. The zero-order chi connectivity index (χ0) is 22.6. The summed E-state index contributed by atoms with van der Waals surface area (Å²) in [6.45, 7) is 3.31. The van der Waals surface area contributed by atoms with Crippen LogP contribution in [0.2, 0.25) is 0 Å². The second kappa shape index (κ2) is 9.48. The van der Waals surface area contributed by atoms with Gasteiger partial charge in [0.2, 0.25) is 5.95 Å². The minimum Gasteiger partial charge on any atom is -0.383 e. The van der Waals surface area contributed by atoms with Gasteiger partial charge in [-0.2, -0.15) is 5.10 Å². The summed E-state index contributed by atoms with van der Waals surface area (Å²) >= 11 is 0. The van der Waals surface area contributed by atoms with E-state index >= 15 is 0 Å². The Balaban J connectivity index is 1.45. The number of anilines is 2. The van der Waals surface area contributed by atoms with E-state index in [0.717, 1.165) is 47.7 Å². The Morgan fingerprint density at radius 1 is 1.12 bits per heavy atom. The molecule has 1 aliphatic heterocycles. The van der Waals surface area contributed by atoms with Gasteiger partial charge < -0.3 is 15.0 Å². The molecule has 0 unspecified atom stereocenters. The number of hydrogen-bond acceptors (Lipinski definition) is 7. The van der Waals surface area contributed by atoms with E-state index in [9.17, 15) is 0 Å². The maximum absolute atomic E-state index is 5.23. The third kappa shape index (κ3) is 4.76. The number of nitrogens with zero attached hydrogens (tertiary/aromatic N) is 6. The van der Waals surface area contributed by atoms with Crippen molar-refractivity contribution < 1.29 is 4.74 Å². The number of ether oxygens (including phenoxy) is 1. The average molecular weight is 442 g/mol. The predicted octanol–water partition coefficient (Wildman–Crippen LogP) is 3.78. The molecule has 0 amide bonds. The quantitative estimate of drug-likeness (QED) is 0.467. The zero-order valence-corrected chi connectivity index (χ0v) is 18.9. The summed E-state index contributed by atoms with van der Waals surface area (Å²) in [5, 5.41) is 8.15. The van der Waals surface area contributed by atoms with E-state index in [1.807, 2.05) is 35.3 Å². The van der Waals surface area contributed by atoms with Crippen LogP contribution >= 0.6 is 0 Å². The fourth-order valence-corrected chi connectivity index (χ4v) is 4.09. The normalized spacial score (nSPS) is 13.6. The number of aromatic nitrogens is 5. The summed E-state index contributed by atoms with van der Waals surface area (Å²) < 4.78 is 7.11. The van der Waals surface area contributed by atoms with Crippen LogP contribution in [-0.2, 0) is 24.2 Å². The summed E-state index contributed by atoms with van der Waals surface area (Å²) in [7, 11) is 3.85. The van der Waals surface area contributed by atoms with Crippen LogP contribution in [0.5, 0.6) is 0 Å². The topological polar surface area (TPSA) is 81.0 Å². The highest BCUT2D eigenvalue weighted by Crippen LogP contribution is 2.30. The predicted molar refractivity (Wildman–Crippen MR) is 128 cm³/mol. The van der Waals surface area contributed by atoms with Crippen LogP contribution < -0.4 is 5.32 Å². The Hall–Kier alpha value is -3.62. The highest BCUT2D eigenvalue weighted by molar-refractivity contribution is 5.78. The molecule has 8 nitrogen and oxygen atoms in total. The molecule has 0 aliphatic carbocycles. The van der Waals surface area contributed by atoms with Gasteiger partial charge in [-0.15, -0.1) is 0 Å². The van der Waals surface area contributed by atoms with Crippen LogP contribution in [-0.4, -0.2) is 56.9 Å². The second-order valence-electron chi connectivity index (χ2n) is 8.25. The zero-order valence-electron chi connectivity index (χ0n) is 18.9. The van der Waals surface area contributed by atoms with E-state index in [1.54, 1.807) is 19.5 Å². The number of hydrogen-bond donors (Lipinski definition) is 1. The van der Waals surface area contributed by atoms with Crippen molar-refractivity contribution >= 4 is 11.6 Å². The van der Waals surface area contributed by atoms with Gasteiger partial charge in [0.25, 0.3) is 0 Å². The van der Waals surface area contributed by atoms with Crippen LogP contribution in [0.4, 0.5) is 11.6 Å². The van der Waals surface area contributed by atoms with Crippen molar-refractivity contribution in [3.05, 3.63) is 72.3 Å². The number of pyridine rings is 1. The molecule has 1 aromatic carbocycles. The molecule has 0 radical (unpaired) electrons. The second-order valence-corrected chi connectivity index (χ2v) is 8.25. The van der Waals surface area contributed by atoms with Gasteiger partial charge in [0.15, 0.2) is 0 Å². The maximum Gasteiger partial charge on any atom is 0.227 e. The first-order valence-corrected chi connectivity index (χ1v) is 11.1. The lowest BCUT2D eigenvalue weighted by Gasteiger charge is -2.25. The van der Waals surface area contributed by atoms with Crippen LogP contribution in [0.15, 0.2) is 61.2 Å². The summed E-state index contributed by atoms with van der Waals surface area (Å²) in [4.78, 5) is 15.9. The highest BCUT2D eigenvalue weighted by Gasteiger charge is 2.16. The van der Waals surface area contributed by atoms with Crippen molar-refractivity contribution in [3.8, 4) is 22.5 Å². The Labute approximate surface area is 193 Å². The molecule has 33 heavy (non-hydrogen) atoms. The number of likely N-dealkylation sites (N-methyl/N-ethyl adjacent to an activating group) is 1. The minimum atomic E-state index is 0.558. The molecule has 0 bridgehead atoms. The average Bonchev–Trinajstić information content (AvgIpc) is 3.28. The van der Waals surface area contributed by atoms with Crippen molar-refractivity contribution in [2.75, 3.05) is 32.6 Å². The van der Waals surface area contributed by atoms with Crippen molar-refractivity contribution in [1.82, 2.24) is 29.6 Å². The van der Waals surface area contributed by atoms with E-state index in [2.05, 4.69) is 45.4 Å². The molecular weight excluding hydrogens is 414 g/mol. The molecule has 0 atom stereocenters. The molecule has 0 spiro atoms. The lowest BCUT2D eigenvalue weighted by Crippen LogP contribution is -2.26. The van der Waals surface area contributed by atoms with Gasteiger partial charge in [-0.05, 0) is 54.9 Å².